The monoisotopic (exact) mass is 460 g/mol. The summed E-state index contributed by atoms with van der Waals surface area (Å²) in [6.07, 6.45) is 4.11. The molecule has 1 atom stereocenters. The van der Waals surface area contributed by atoms with Crippen molar-refractivity contribution in [2.45, 2.75) is 31.0 Å². The maximum Gasteiger partial charge on any atom is 0.404 e. The predicted octanol–water partition coefficient (Wildman–Crippen LogP) is 3.31. The zero-order valence-corrected chi connectivity index (χ0v) is 17.5. The number of alkyl halides is 3. The number of pyridine rings is 1. The maximum atomic E-state index is 12.7. The van der Waals surface area contributed by atoms with Gasteiger partial charge in [-0.15, -0.1) is 0 Å². The topological polar surface area (TPSA) is 114 Å². The molecule has 3 aromatic heterocycles. The number of halogens is 3. The number of aryl methyl sites for hydroxylation is 1. The number of hydrogen-bond donors (Lipinski definition) is 1. The molecule has 0 radical (unpaired) electrons. The minimum atomic E-state index is -4.74. The molecule has 0 aromatic carbocycles. The summed E-state index contributed by atoms with van der Waals surface area (Å²) in [5.41, 5.74) is 2.61. The molecule has 0 unspecified atom stereocenters. The van der Waals surface area contributed by atoms with Crippen LogP contribution in [0.3, 0.4) is 0 Å². The molecule has 0 fully saturated rings. The molecule has 0 amide bonds. The van der Waals surface area contributed by atoms with Crippen LogP contribution in [0.2, 0.25) is 0 Å². The molecule has 164 valence electrons. The van der Waals surface area contributed by atoms with Crippen molar-refractivity contribution in [2.75, 3.05) is 0 Å². The summed E-state index contributed by atoms with van der Waals surface area (Å²) in [7, 11) is -4.51. The number of hydrogen-bond acceptors (Lipinski definition) is 6. The molecule has 0 saturated carbocycles. The molecular weight excluding hydrogens is 445 g/mol. The molecule has 0 saturated heterocycles. The third-order valence-corrected chi connectivity index (χ3v) is 6.32. The van der Waals surface area contributed by atoms with Gasteiger partial charge in [0.05, 0.1) is 18.0 Å². The molecular formula is C20H15F3N6O2S. The maximum absolute atomic E-state index is 12.7. The van der Waals surface area contributed by atoms with Crippen molar-refractivity contribution < 1.29 is 21.6 Å². The molecule has 3 aromatic rings. The van der Waals surface area contributed by atoms with Gasteiger partial charge >= 0.3 is 6.18 Å². The molecule has 8 nitrogen and oxygen atoms in total. The van der Waals surface area contributed by atoms with E-state index < -0.39 is 27.1 Å². The predicted molar refractivity (Wildman–Crippen MR) is 109 cm³/mol. The fourth-order valence-corrected chi connectivity index (χ4v) is 4.24. The summed E-state index contributed by atoms with van der Waals surface area (Å²) < 4.78 is 66.1. The van der Waals surface area contributed by atoms with E-state index in [1.165, 1.54) is 0 Å². The van der Waals surface area contributed by atoms with Gasteiger partial charge in [0.25, 0.3) is 0 Å². The van der Waals surface area contributed by atoms with Crippen LogP contribution in [-0.2, 0) is 10.0 Å². The third kappa shape index (κ3) is 3.65. The van der Waals surface area contributed by atoms with Gasteiger partial charge in [-0.05, 0) is 37.6 Å². The second-order valence-corrected chi connectivity index (χ2v) is 8.85. The van der Waals surface area contributed by atoms with Gasteiger partial charge in [0.1, 0.15) is 28.3 Å². The van der Waals surface area contributed by atoms with Gasteiger partial charge < -0.3 is 0 Å². The first kappa shape index (κ1) is 21.7. The Labute approximate surface area is 180 Å². The Morgan fingerprint density at radius 3 is 2.38 bits per heavy atom. The van der Waals surface area contributed by atoms with Crippen LogP contribution >= 0.6 is 0 Å². The zero-order valence-electron chi connectivity index (χ0n) is 16.7. The zero-order chi connectivity index (χ0) is 23.3. The number of rotatable bonds is 5. The van der Waals surface area contributed by atoms with Gasteiger partial charge in [0.2, 0.25) is 10.0 Å². The number of nitriles is 1. The molecule has 0 spiro atoms. The molecule has 1 aliphatic rings. The van der Waals surface area contributed by atoms with Gasteiger partial charge in [0, 0.05) is 17.3 Å². The van der Waals surface area contributed by atoms with Crippen LogP contribution < -0.4 is 4.72 Å². The van der Waals surface area contributed by atoms with Crippen LogP contribution in [0.15, 0.2) is 47.8 Å². The molecule has 4 rings (SSSR count). The molecule has 1 N–H and O–H groups in total. The standard InChI is InChI=1S/C20H15F3N6O2S/c1-11-6-15-16(7-24)17(29(13-4-3-5-13)19(15)27-8-11)18-25-9-14(10-26-18)32(30,31)28-12(2)20(21,22)23/h3-6,8-10,12,28H,1-2H3/t12-/m0/s1. The van der Waals surface area contributed by atoms with E-state index in [1.807, 2.05) is 6.92 Å². The van der Waals surface area contributed by atoms with Crippen molar-refractivity contribution in [2.24, 2.45) is 0 Å². The van der Waals surface area contributed by atoms with Gasteiger partial charge in [-0.2, -0.15) is 23.2 Å². The highest BCUT2D eigenvalue weighted by Gasteiger charge is 2.39. The highest BCUT2D eigenvalue weighted by Crippen LogP contribution is 2.35. The van der Waals surface area contributed by atoms with E-state index in [4.69, 9.17) is 0 Å². The van der Waals surface area contributed by atoms with E-state index in [2.05, 4.69) is 21.0 Å². The number of allylic oxidation sites excluding steroid dienone is 4. The Hall–Kier alpha value is -3.56. The van der Waals surface area contributed by atoms with Gasteiger partial charge in [-0.25, -0.2) is 23.4 Å². The van der Waals surface area contributed by atoms with Crippen LogP contribution in [0.4, 0.5) is 13.2 Å². The highest BCUT2D eigenvalue weighted by molar-refractivity contribution is 7.89. The van der Waals surface area contributed by atoms with Crippen molar-refractivity contribution >= 4 is 26.8 Å². The lowest BCUT2D eigenvalue weighted by Gasteiger charge is -2.17. The minimum Gasteiger partial charge on any atom is -0.290 e. The Morgan fingerprint density at radius 1 is 1.19 bits per heavy atom. The smallest absolute Gasteiger partial charge is 0.290 e. The molecule has 12 heteroatoms. The van der Waals surface area contributed by atoms with E-state index in [9.17, 15) is 26.9 Å². The number of nitrogens with zero attached hydrogens (tertiary/aromatic N) is 5. The third-order valence-electron chi connectivity index (χ3n) is 4.82. The Bertz CT molecular complexity index is 1430. The fourth-order valence-electron chi connectivity index (χ4n) is 3.12. The molecule has 1 aliphatic carbocycles. The Balaban J connectivity index is 1.82. The van der Waals surface area contributed by atoms with Crippen LogP contribution in [-0.4, -0.2) is 40.2 Å². The number of fused-ring (bicyclic) bond motifs is 1. The molecule has 0 bridgehead atoms. The largest absolute Gasteiger partial charge is 0.404 e. The van der Waals surface area contributed by atoms with Crippen molar-refractivity contribution in [3.05, 3.63) is 54.0 Å². The first-order valence-electron chi connectivity index (χ1n) is 9.24. The first-order chi connectivity index (χ1) is 15.0. The normalized spacial score (nSPS) is 14.7. The number of aromatic nitrogens is 4. The average molecular weight is 460 g/mol. The van der Waals surface area contributed by atoms with Gasteiger partial charge in [-0.1, -0.05) is 6.08 Å². The quantitative estimate of drug-likeness (QED) is 0.625. The summed E-state index contributed by atoms with van der Waals surface area (Å²) in [5, 5.41) is 10.4. The SMILES string of the molecule is Cc1cnc2c(c1)c(C#N)c(-c1ncc(S(=O)(=O)N[C@@H](C)C(F)(F)F)cn1)n2C1=CC=C1. The van der Waals surface area contributed by atoms with E-state index in [1.54, 1.807) is 39.8 Å². The van der Waals surface area contributed by atoms with Crippen molar-refractivity contribution in [1.29, 1.82) is 5.26 Å². The van der Waals surface area contributed by atoms with E-state index in [0.29, 0.717) is 23.7 Å². The second-order valence-electron chi connectivity index (χ2n) is 7.13. The first-order valence-corrected chi connectivity index (χ1v) is 10.7. The van der Waals surface area contributed by atoms with Gasteiger partial charge in [0.15, 0.2) is 5.82 Å². The van der Waals surface area contributed by atoms with E-state index in [0.717, 1.165) is 23.7 Å². The van der Waals surface area contributed by atoms with E-state index >= 15 is 0 Å². The highest BCUT2D eigenvalue weighted by atomic mass is 32.2. The lowest BCUT2D eigenvalue weighted by Crippen LogP contribution is -2.43. The average Bonchev–Trinajstić information content (AvgIpc) is 2.99. The lowest BCUT2D eigenvalue weighted by molar-refractivity contribution is -0.147. The van der Waals surface area contributed by atoms with Crippen molar-refractivity contribution in [3.63, 3.8) is 0 Å². The van der Waals surface area contributed by atoms with E-state index in [-0.39, 0.29) is 11.4 Å². The lowest BCUT2D eigenvalue weighted by atomic mass is 10.1. The van der Waals surface area contributed by atoms with Crippen LogP contribution in [0.1, 0.15) is 18.1 Å². The summed E-state index contributed by atoms with van der Waals surface area (Å²) in [4.78, 5) is 12.0. The summed E-state index contributed by atoms with van der Waals surface area (Å²) in [5.74, 6) is 0.0289. The summed E-state index contributed by atoms with van der Waals surface area (Å²) in [6, 6.07) is 1.64. The van der Waals surface area contributed by atoms with Crippen molar-refractivity contribution in [3.8, 4) is 17.6 Å². The van der Waals surface area contributed by atoms with Crippen LogP contribution in [0.25, 0.3) is 28.2 Å². The number of nitrogens with one attached hydrogen (secondary N) is 1. The fraction of sp³-hybridized carbons (Fsp3) is 0.200. The Morgan fingerprint density at radius 2 is 1.84 bits per heavy atom. The molecule has 3 heterocycles. The molecule has 0 aliphatic heterocycles. The number of sulfonamides is 1. The minimum absolute atomic E-state index is 0.0289. The Kier molecular flexibility index (Phi) is 5.10. The second kappa shape index (κ2) is 7.54. The van der Waals surface area contributed by atoms with Gasteiger partial charge in [-0.3, -0.25) is 4.57 Å². The summed E-state index contributed by atoms with van der Waals surface area (Å²) >= 11 is 0. The summed E-state index contributed by atoms with van der Waals surface area (Å²) in [6.45, 7) is 2.53. The van der Waals surface area contributed by atoms with Crippen molar-refractivity contribution in [1.82, 2.24) is 24.2 Å². The molecule has 32 heavy (non-hydrogen) atoms. The van der Waals surface area contributed by atoms with Crippen LogP contribution in [0, 0.1) is 18.3 Å². The van der Waals surface area contributed by atoms with Crippen LogP contribution in [0.5, 0.6) is 0 Å².